The number of carbonyl (C=O) groups is 1. The number of aryl methyl sites for hydroxylation is 1. The van der Waals surface area contributed by atoms with Crippen LogP contribution in [0.4, 0.5) is 0 Å². The first-order valence-electron chi connectivity index (χ1n) is 7.34. The number of aromatic nitrogens is 3. The third-order valence-electron chi connectivity index (χ3n) is 4.13. The maximum absolute atomic E-state index is 12.7. The van der Waals surface area contributed by atoms with Crippen molar-refractivity contribution >= 4 is 16.9 Å². The number of carbonyl (C=O) groups excluding carboxylic acids is 1. The summed E-state index contributed by atoms with van der Waals surface area (Å²) in [5, 5.41) is 0.960. The van der Waals surface area contributed by atoms with Crippen LogP contribution < -0.4 is 5.73 Å². The van der Waals surface area contributed by atoms with Crippen molar-refractivity contribution < 1.29 is 4.79 Å². The van der Waals surface area contributed by atoms with Gasteiger partial charge < -0.3 is 15.2 Å². The van der Waals surface area contributed by atoms with E-state index in [9.17, 15) is 4.79 Å². The second kappa shape index (κ2) is 5.11. The van der Waals surface area contributed by atoms with Crippen LogP contribution in [0, 0.1) is 0 Å². The number of nitrogens with zero attached hydrogens (tertiary/aromatic N) is 4. The number of hydrogen-bond donors (Lipinski definition) is 1. The fraction of sp³-hybridized carbons (Fsp3) is 0.533. The largest absolute Gasteiger partial charge is 0.336 e. The van der Waals surface area contributed by atoms with Gasteiger partial charge in [0.05, 0.1) is 5.69 Å². The Balaban J connectivity index is 2.05. The molecule has 2 aromatic rings. The molecule has 0 saturated carbocycles. The fourth-order valence-corrected chi connectivity index (χ4v) is 2.95. The highest BCUT2D eigenvalue weighted by Gasteiger charge is 2.27. The number of rotatable bonds is 2. The average Bonchev–Trinajstić information content (AvgIpc) is 3.02. The molecule has 0 aliphatic carbocycles. The molecule has 112 valence electrons. The Bertz CT molecular complexity index is 691. The SMILES string of the molecule is CC(C)c1ncnc2c1cc(C(=O)N1CCC(N)C1)n2C. The summed E-state index contributed by atoms with van der Waals surface area (Å²) in [6.07, 6.45) is 2.43. The first-order valence-corrected chi connectivity index (χ1v) is 7.34. The van der Waals surface area contributed by atoms with E-state index in [1.807, 2.05) is 22.6 Å². The smallest absolute Gasteiger partial charge is 0.270 e. The van der Waals surface area contributed by atoms with E-state index in [2.05, 4.69) is 23.8 Å². The van der Waals surface area contributed by atoms with Crippen molar-refractivity contribution in [3.63, 3.8) is 0 Å². The van der Waals surface area contributed by atoms with Gasteiger partial charge in [-0.25, -0.2) is 9.97 Å². The van der Waals surface area contributed by atoms with E-state index in [-0.39, 0.29) is 11.9 Å². The molecule has 21 heavy (non-hydrogen) atoms. The molecule has 1 atom stereocenters. The quantitative estimate of drug-likeness (QED) is 0.902. The van der Waals surface area contributed by atoms with Gasteiger partial charge in [-0.3, -0.25) is 4.79 Å². The van der Waals surface area contributed by atoms with Gasteiger partial charge in [0.15, 0.2) is 0 Å². The number of fused-ring (bicyclic) bond motifs is 1. The lowest BCUT2D eigenvalue weighted by Gasteiger charge is -2.15. The van der Waals surface area contributed by atoms with Crippen molar-refractivity contribution in [3.05, 3.63) is 23.8 Å². The van der Waals surface area contributed by atoms with E-state index in [1.54, 1.807) is 6.33 Å². The third-order valence-corrected chi connectivity index (χ3v) is 4.13. The normalized spacial score (nSPS) is 18.9. The Kier molecular flexibility index (Phi) is 3.41. The predicted octanol–water partition coefficient (Wildman–Crippen LogP) is 1.26. The van der Waals surface area contributed by atoms with Crippen molar-refractivity contribution in [2.75, 3.05) is 13.1 Å². The second-order valence-electron chi connectivity index (χ2n) is 6.04. The number of amides is 1. The minimum atomic E-state index is 0.0261. The molecule has 0 radical (unpaired) electrons. The molecule has 0 bridgehead atoms. The van der Waals surface area contributed by atoms with Crippen LogP contribution in [0.5, 0.6) is 0 Å². The molecule has 1 fully saturated rings. The molecule has 0 spiro atoms. The van der Waals surface area contributed by atoms with Crippen molar-refractivity contribution in [1.82, 2.24) is 19.4 Å². The van der Waals surface area contributed by atoms with Gasteiger partial charge in [0.2, 0.25) is 0 Å². The number of hydrogen-bond acceptors (Lipinski definition) is 4. The highest BCUT2D eigenvalue weighted by molar-refractivity contribution is 5.98. The summed E-state index contributed by atoms with van der Waals surface area (Å²) < 4.78 is 1.86. The molecule has 2 N–H and O–H groups in total. The van der Waals surface area contributed by atoms with E-state index in [4.69, 9.17) is 5.73 Å². The highest BCUT2D eigenvalue weighted by Crippen LogP contribution is 2.25. The van der Waals surface area contributed by atoms with Gasteiger partial charge >= 0.3 is 0 Å². The Morgan fingerprint density at radius 3 is 2.81 bits per heavy atom. The molecule has 1 aliphatic heterocycles. The molecule has 1 aliphatic rings. The van der Waals surface area contributed by atoms with E-state index in [0.717, 1.165) is 29.7 Å². The van der Waals surface area contributed by atoms with Gasteiger partial charge in [0.25, 0.3) is 5.91 Å². The lowest BCUT2D eigenvalue weighted by molar-refractivity contribution is 0.0782. The fourth-order valence-electron chi connectivity index (χ4n) is 2.95. The molecule has 1 saturated heterocycles. The van der Waals surface area contributed by atoms with Crippen LogP contribution in [0.3, 0.4) is 0 Å². The van der Waals surface area contributed by atoms with Gasteiger partial charge in [0.1, 0.15) is 17.7 Å². The second-order valence-corrected chi connectivity index (χ2v) is 6.04. The molecular weight excluding hydrogens is 266 g/mol. The van der Waals surface area contributed by atoms with Crippen LogP contribution in [-0.4, -0.2) is 44.5 Å². The maximum Gasteiger partial charge on any atom is 0.270 e. The zero-order valence-corrected chi connectivity index (χ0v) is 12.7. The highest BCUT2D eigenvalue weighted by atomic mass is 16.2. The van der Waals surface area contributed by atoms with Crippen LogP contribution in [0.2, 0.25) is 0 Å². The minimum absolute atomic E-state index is 0.0261. The van der Waals surface area contributed by atoms with Crippen LogP contribution in [0.25, 0.3) is 11.0 Å². The summed E-state index contributed by atoms with van der Waals surface area (Å²) >= 11 is 0. The maximum atomic E-state index is 12.7. The zero-order valence-electron chi connectivity index (χ0n) is 12.7. The molecular formula is C15H21N5O. The Morgan fingerprint density at radius 1 is 1.43 bits per heavy atom. The molecule has 1 amide bonds. The molecule has 6 heteroatoms. The van der Waals surface area contributed by atoms with Crippen LogP contribution in [0.15, 0.2) is 12.4 Å². The Labute approximate surface area is 124 Å². The summed E-state index contributed by atoms with van der Waals surface area (Å²) in [7, 11) is 1.88. The first kappa shape index (κ1) is 14.0. The monoisotopic (exact) mass is 287 g/mol. The van der Waals surface area contributed by atoms with Gasteiger partial charge in [-0.2, -0.15) is 0 Å². The van der Waals surface area contributed by atoms with Gasteiger partial charge in [-0.05, 0) is 18.4 Å². The predicted molar refractivity (Wildman–Crippen MR) is 81.1 cm³/mol. The van der Waals surface area contributed by atoms with Crippen molar-refractivity contribution in [1.29, 1.82) is 0 Å². The summed E-state index contributed by atoms with van der Waals surface area (Å²) in [6, 6.07) is 2.01. The molecule has 3 rings (SSSR count). The van der Waals surface area contributed by atoms with Crippen LogP contribution >= 0.6 is 0 Å². The van der Waals surface area contributed by atoms with E-state index in [0.29, 0.717) is 18.2 Å². The summed E-state index contributed by atoms with van der Waals surface area (Å²) in [4.78, 5) is 23.2. The number of nitrogens with two attached hydrogens (primary N) is 1. The topological polar surface area (TPSA) is 77.0 Å². The Morgan fingerprint density at radius 2 is 2.19 bits per heavy atom. The minimum Gasteiger partial charge on any atom is -0.336 e. The lowest BCUT2D eigenvalue weighted by Crippen LogP contribution is -2.32. The van der Waals surface area contributed by atoms with Gasteiger partial charge in [-0.15, -0.1) is 0 Å². The van der Waals surface area contributed by atoms with Crippen LogP contribution in [-0.2, 0) is 7.05 Å². The zero-order chi connectivity index (χ0) is 15.1. The third kappa shape index (κ3) is 2.29. The van der Waals surface area contributed by atoms with E-state index < -0.39 is 0 Å². The van der Waals surface area contributed by atoms with Crippen molar-refractivity contribution in [3.8, 4) is 0 Å². The Hall–Kier alpha value is -1.95. The van der Waals surface area contributed by atoms with Crippen LogP contribution in [0.1, 0.15) is 42.4 Å². The van der Waals surface area contributed by atoms with Crippen molar-refractivity contribution in [2.45, 2.75) is 32.2 Å². The summed E-state index contributed by atoms with van der Waals surface area (Å²) in [6.45, 7) is 5.54. The summed E-state index contributed by atoms with van der Waals surface area (Å²) in [5.74, 6) is 0.319. The lowest BCUT2D eigenvalue weighted by atomic mass is 10.1. The molecule has 1 unspecified atom stereocenters. The molecule has 0 aromatic carbocycles. The molecule has 6 nitrogen and oxygen atoms in total. The molecule has 2 aromatic heterocycles. The van der Waals surface area contributed by atoms with E-state index >= 15 is 0 Å². The molecule has 3 heterocycles. The first-order chi connectivity index (χ1) is 9.99. The summed E-state index contributed by atoms with van der Waals surface area (Å²) in [5.41, 5.74) is 8.33. The number of likely N-dealkylation sites (tertiary alicyclic amines) is 1. The van der Waals surface area contributed by atoms with E-state index in [1.165, 1.54) is 0 Å². The van der Waals surface area contributed by atoms with Gasteiger partial charge in [-0.1, -0.05) is 13.8 Å². The van der Waals surface area contributed by atoms with Crippen molar-refractivity contribution in [2.24, 2.45) is 12.8 Å². The standard InChI is InChI=1S/C15H21N5O/c1-9(2)13-11-6-12(19(3)14(11)18-8-17-13)15(21)20-5-4-10(16)7-20/h6,8-10H,4-5,7,16H2,1-3H3. The van der Waals surface area contributed by atoms with Gasteiger partial charge in [0, 0.05) is 31.6 Å². The average molecular weight is 287 g/mol.